The fourth-order valence-electron chi connectivity index (χ4n) is 2.91. The molecule has 8 heteroatoms. The van der Waals surface area contributed by atoms with Gasteiger partial charge >= 0.3 is 0 Å². The molecule has 3 rings (SSSR count). The molecule has 1 fully saturated rings. The Balaban J connectivity index is 1.55. The Morgan fingerprint density at radius 1 is 1.31 bits per heavy atom. The van der Waals surface area contributed by atoms with Crippen LogP contribution < -0.4 is 10.6 Å². The van der Waals surface area contributed by atoms with Gasteiger partial charge in [-0.1, -0.05) is 29.8 Å². The number of aromatic nitrogens is 1. The normalized spacial score (nSPS) is 15.6. The SMILES string of the molecule is CNC(=O)CN1CCC(NC(=O)c2cnc(-c3ccccc3Cl)s2)CC1. The maximum atomic E-state index is 12.5. The fraction of sp³-hybridized carbons (Fsp3) is 0.389. The molecule has 1 aromatic carbocycles. The zero-order valence-electron chi connectivity index (χ0n) is 14.5. The van der Waals surface area contributed by atoms with Gasteiger partial charge in [-0.3, -0.25) is 14.5 Å². The van der Waals surface area contributed by atoms with Gasteiger partial charge in [-0.15, -0.1) is 11.3 Å². The number of carbonyl (C=O) groups excluding carboxylic acids is 2. The molecule has 0 unspecified atom stereocenters. The number of amides is 2. The van der Waals surface area contributed by atoms with Crippen LogP contribution in [0.1, 0.15) is 22.5 Å². The summed E-state index contributed by atoms with van der Waals surface area (Å²) >= 11 is 7.53. The largest absolute Gasteiger partial charge is 0.358 e. The Hall–Kier alpha value is -1.96. The topological polar surface area (TPSA) is 74.3 Å². The Bertz CT molecular complexity index is 787. The van der Waals surface area contributed by atoms with E-state index in [9.17, 15) is 9.59 Å². The minimum absolute atomic E-state index is 0.0178. The van der Waals surface area contributed by atoms with E-state index in [2.05, 4.69) is 20.5 Å². The van der Waals surface area contributed by atoms with E-state index in [0.29, 0.717) is 16.4 Å². The second-order valence-corrected chi connectivity index (χ2v) is 7.64. The second kappa shape index (κ2) is 8.62. The van der Waals surface area contributed by atoms with Gasteiger partial charge in [-0.05, 0) is 18.9 Å². The van der Waals surface area contributed by atoms with E-state index in [1.165, 1.54) is 11.3 Å². The summed E-state index contributed by atoms with van der Waals surface area (Å²) in [6, 6.07) is 7.59. The standard InChI is InChI=1S/C18H21ClN4O2S/c1-20-16(24)11-23-8-6-12(7-9-23)22-17(25)15-10-21-18(26-15)13-4-2-3-5-14(13)19/h2-5,10,12H,6-9,11H2,1H3,(H,20,24)(H,22,25). The van der Waals surface area contributed by atoms with Crippen LogP contribution in [0.3, 0.4) is 0 Å². The van der Waals surface area contributed by atoms with Gasteiger partial charge in [-0.25, -0.2) is 4.98 Å². The molecule has 0 bridgehead atoms. The highest BCUT2D eigenvalue weighted by molar-refractivity contribution is 7.17. The van der Waals surface area contributed by atoms with Crippen molar-refractivity contribution in [1.82, 2.24) is 20.5 Å². The molecule has 0 radical (unpaired) electrons. The molecule has 6 nitrogen and oxygen atoms in total. The van der Waals surface area contributed by atoms with Crippen molar-refractivity contribution in [2.45, 2.75) is 18.9 Å². The summed E-state index contributed by atoms with van der Waals surface area (Å²) in [5.41, 5.74) is 0.834. The highest BCUT2D eigenvalue weighted by atomic mass is 35.5. The number of thiazole rings is 1. The third kappa shape index (κ3) is 4.60. The van der Waals surface area contributed by atoms with Gasteiger partial charge in [0.15, 0.2) is 0 Å². The predicted octanol–water partition coefficient (Wildman–Crippen LogP) is 2.40. The zero-order chi connectivity index (χ0) is 18.5. The lowest BCUT2D eigenvalue weighted by Gasteiger charge is -2.31. The summed E-state index contributed by atoms with van der Waals surface area (Å²) in [6.07, 6.45) is 3.26. The lowest BCUT2D eigenvalue weighted by Crippen LogP contribution is -2.47. The monoisotopic (exact) mass is 392 g/mol. The average Bonchev–Trinajstić information content (AvgIpc) is 3.13. The Morgan fingerprint density at radius 3 is 2.73 bits per heavy atom. The number of nitrogens with one attached hydrogen (secondary N) is 2. The number of likely N-dealkylation sites (N-methyl/N-ethyl adjacent to an activating group) is 1. The van der Waals surface area contributed by atoms with Crippen LogP contribution in [0.5, 0.6) is 0 Å². The van der Waals surface area contributed by atoms with Gasteiger partial charge in [0.25, 0.3) is 5.91 Å². The van der Waals surface area contributed by atoms with E-state index < -0.39 is 0 Å². The number of likely N-dealkylation sites (tertiary alicyclic amines) is 1. The van der Waals surface area contributed by atoms with Crippen molar-refractivity contribution in [3.05, 3.63) is 40.4 Å². The maximum absolute atomic E-state index is 12.5. The van der Waals surface area contributed by atoms with Crippen LogP contribution in [-0.4, -0.2) is 54.4 Å². The first-order valence-electron chi connectivity index (χ1n) is 8.51. The number of carbonyl (C=O) groups is 2. The highest BCUT2D eigenvalue weighted by Gasteiger charge is 2.23. The zero-order valence-corrected chi connectivity index (χ0v) is 16.1. The van der Waals surface area contributed by atoms with Crippen molar-refractivity contribution in [3.8, 4) is 10.6 Å². The first-order chi connectivity index (χ1) is 12.6. The van der Waals surface area contributed by atoms with Crippen molar-refractivity contribution in [1.29, 1.82) is 0 Å². The second-order valence-electron chi connectivity index (χ2n) is 6.21. The lowest BCUT2D eigenvalue weighted by atomic mass is 10.0. The summed E-state index contributed by atoms with van der Waals surface area (Å²) in [4.78, 5) is 30.9. The molecule has 0 saturated carbocycles. The number of benzene rings is 1. The summed E-state index contributed by atoms with van der Waals surface area (Å²) in [6.45, 7) is 2.01. The third-order valence-corrected chi connectivity index (χ3v) is 5.76. The molecule has 1 aromatic heterocycles. The molecule has 0 atom stereocenters. The minimum atomic E-state index is -0.106. The number of hydrogen-bond donors (Lipinski definition) is 2. The molecule has 0 aliphatic carbocycles. The van der Waals surface area contributed by atoms with Gasteiger partial charge in [0.1, 0.15) is 9.88 Å². The molecule has 1 saturated heterocycles. The first-order valence-corrected chi connectivity index (χ1v) is 9.71. The number of rotatable bonds is 5. The van der Waals surface area contributed by atoms with Crippen LogP contribution in [0.25, 0.3) is 10.6 Å². The number of halogens is 1. The van der Waals surface area contributed by atoms with Gasteiger partial charge in [0, 0.05) is 31.7 Å². The van der Waals surface area contributed by atoms with Gasteiger partial charge in [-0.2, -0.15) is 0 Å². The molecule has 2 N–H and O–H groups in total. The molecule has 26 heavy (non-hydrogen) atoms. The van der Waals surface area contributed by atoms with E-state index in [0.717, 1.165) is 36.5 Å². The van der Waals surface area contributed by atoms with Crippen molar-refractivity contribution >= 4 is 34.8 Å². The van der Waals surface area contributed by atoms with Crippen molar-refractivity contribution in [2.75, 3.05) is 26.7 Å². The third-order valence-electron chi connectivity index (χ3n) is 4.40. The molecular weight excluding hydrogens is 372 g/mol. The van der Waals surface area contributed by atoms with Gasteiger partial charge in [0.05, 0.1) is 17.8 Å². The highest BCUT2D eigenvalue weighted by Crippen LogP contribution is 2.31. The van der Waals surface area contributed by atoms with Crippen LogP contribution in [-0.2, 0) is 4.79 Å². The average molecular weight is 393 g/mol. The maximum Gasteiger partial charge on any atom is 0.263 e. The summed E-state index contributed by atoms with van der Waals surface area (Å²) < 4.78 is 0. The Morgan fingerprint density at radius 2 is 2.04 bits per heavy atom. The van der Waals surface area contributed by atoms with E-state index in [1.807, 2.05) is 24.3 Å². The Kier molecular flexibility index (Phi) is 6.24. The molecular formula is C18H21ClN4O2S. The Labute approximate surface area is 161 Å². The van der Waals surface area contributed by atoms with E-state index >= 15 is 0 Å². The predicted molar refractivity (Wildman–Crippen MR) is 104 cm³/mol. The first kappa shape index (κ1) is 18.8. The molecule has 138 valence electrons. The van der Waals surface area contributed by atoms with Crippen molar-refractivity contribution in [2.24, 2.45) is 0 Å². The van der Waals surface area contributed by atoms with E-state index in [1.54, 1.807) is 13.2 Å². The molecule has 2 heterocycles. The molecule has 0 spiro atoms. The number of piperidine rings is 1. The number of nitrogens with zero attached hydrogens (tertiary/aromatic N) is 2. The molecule has 1 aliphatic rings. The summed E-state index contributed by atoms with van der Waals surface area (Å²) in [5.74, 6) is -0.0881. The van der Waals surface area contributed by atoms with Crippen LogP contribution >= 0.6 is 22.9 Å². The molecule has 1 aliphatic heterocycles. The molecule has 2 amide bonds. The lowest BCUT2D eigenvalue weighted by molar-refractivity contribution is -0.122. The molecule has 2 aromatic rings. The van der Waals surface area contributed by atoms with Gasteiger partial charge < -0.3 is 10.6 Å². The fourth-order valence-corrected chi connectivity index (χ4v) is 4.05. The summed E-state index contributed by atoms with van der Waals surface area (Å²) in [5, 5.41) is 7.06. The van der Waals surface area contributed by atoms with Crippen LogP contribution in [0.4, 0.5) is 0 Å². The van der Waals surface area contributed by atoms with Gasteiger partial charge in [0.2, 0.25) is 5.91 Å². The van der Waals surface area contributed by atoms with Crippen molar-refractivity contribution in [3.63, 3.8) is 0 Å². The minimum Gasteiger partial charge on any atom is -0.358 e. The smallest absolute Gasteiger partial charge is 0.263 e. The number of hydrogen-bond acceptors (Lipinski definition) is 5. The van der Waals surface area contributed by atoms with Crippen LogP contribution in [0.2, 0.25) is 5.02 Å². The van der Waals surface area contributed by atoms with Crippen molar-refractivity contribution < 1.29 is 9.59 Å². The van der Waals surface area contributed by atoms with E-state index in [-0.39, 0.29) is 17.9 Å². The van der Waals surface area contributed by atoms with E-state index in [4.69, 9.17) is 11.6 Å². The summed E-state index contributed by atoms with van der Waals surface area (Å²) in [7, 11) is 1.64. The quantitative estimate of drug-likeness (QED) is 0.819. The van der Waals surface area contributed by atoms with Crippen LogP contribution in [0.15, 0.2) is 30.5 Å². The van der Waals surface area contributed by atoms with Crippen LogP contribution in [0, 0.1) is 0 Å².